The van der Waals surface area contributed by atoms with Crippen LogP contribution in [0, 0.1) is 0 Å². The molecule has 1 aliphatic heterocycles. The summed E-state index contributed by atoms with van der Waals surface area (Å²) in [4.78, 5) is 11.3. The molecule has 0 radical (unpaired) electrons. The topological polar surface area (TPSA) is 31.4 Å². The molecule has 1 N–H and O–H groups in total. The number of nitrogens with one attached hydrogen (secondary N) is 1. The van der Waals surface area contributed by atoms with Gasteiger partial charge in [-0.3, -0.25) is 4.90 Å². The van der Waals surface area contributed by atoms with E-state index in [1.165, 1.54) is 15.7 Å². The Bertz CT molecular complexity index is 433. The molecule has 0 amide bonds. The molecule has 1 aromatic heterocycles. The van der Waals surface area contributed by atoms with Crippen molar-refractivity contribution in [1.29, 1.82) is 0 Å². The van der Waals surface area contributed by atoms with Crippen LogP contribution in [0.3, 0.4) is 0 Å². The molecule has 1 saturated heterocycles. The van der Waals surface area contributed by atoms with Crippen molar-refractivity contribution in [1.82, 2.24) is 15.2 Å². The van der Waals surface area contributed by atoms with Gasteiger partial charge in [0.2, 0.25) is 0 Å². The highest BCUT2D eigenvalue weighted by Crippen LogP contribution is 2.29. The number of rotatable bonds is 6. The highest BCUT2D eigenvalue weighted by atomic mass is 32.1. The van der Waals surface area contributed by atoms with Crippen molar-refractivity contribution >= 4 is 16.5 Å². The molecule has 21 heavy (non-hydrogen) atoms. The van der Waals surface area contributed by atoms with Gasteiger partial charge in [-0.1, -0.05) is 20.3 Å². The summed E-state index contributed by atoms with van der Waals surface area (Å²) in [5.41, 5.74) is 1.30. The SMILES string of the molecule is CCCc1nc(N2CC(C)N(C)C(C)C2)sc1CNCC. The minimum absolute atomic E-state index is 0.587. The van der Waals surface area contributed by atoms with Gasteiger partial charge >= 0.3 is 0 Å². The minimum atomic E-state index is 0.587. The third kappa shape index (κ3) is 3.96. The predicted octanol–water partition coefficient (Wildman–Crippen LogP) is 2.73. The smallest absolute Gasteiger partial charge is 0.185 e. The van der Waals surface area contributed by atoms with E-state index >= 15 is 0 Å². The van der Waals surface area contributed by atoms with E-state index in [1.54, 1.807) is 0 Å². The van der Waals surface area contributed by atoms with Gasteiger partial charge in [0.1, 0.15) is 0 Å². The zero-order valence-electron chi connectivity index (χ0n) is 14.1. The van der Waals surface area contributed by atoms with Crippen molar-refractivity contribution < 1.29 is 0 Å². The number of hydrogen-bond acceptors (Lipinski definition) is 5. The normalized spacial score (nSPS) is 23.8. The lowest BCUT2D eigenvalue weighted by Crippen LogP contribution is -2.55. The average Bonchev–Trinajstić information content (AvgIpc) is 2.85. The van der Waals surface area contributed by atoms with Crippen LogP contribution >= 0.6 is 11.3 Å². The molecule has 2 heterocycles. The molecule has 2 unspecified atom stereocenters. The van der Waals surface area contributed by atoms with E-state index in [-0.39, 0.29) is 0 Å². The second kappa shape index (κ2) is 7.56. The van der Waals surface area contributed by atoms with Gasteiger partial charge in [0.05, 0.1) is 5.69 Å². The maximum Gasteiger partial charge on any atom is 0.185 e. The van der Waals surface area contributed by atoms with Crippen LogP contribution in [0.1, 0.15) is 44.7 Å². The molecule has 0 aromatic carbocycles. The van der Waals surface area contributed by atoms with E-state index in [2.05, 4.69) is 49.9 Å². The van der Waals surface area contributed by atoms with Gasteiger partial charge in [-0.25, -0.2) is 4.98 Å². The van der Waals surface area contributed by atoms with Crippen molar-refractivity contribution in [2.75, 3.05) is 31.6 Å². The lowest BCUT2D eigenvalue weighted by molar-refractivity contribution is 0.170. The minimum Gasteiger partial charge on any atom is -0.345 e. The number of hydrogen-bond donors (Lipinski definition) is 1. The fourth-order valence-corrected chi connectivity index (χ4v) is 3.97. The van der Waals surface area contributed by atoms with Crippen LogP contribution in [-0.4, -0.2) is 48.6 Å². The van der Waals surface area contributed by atoms with Crippen molar-refractivity contribution in [2.45, 2.75) is 59.2 Å². The lowest BCUT2D eigenvalue weighted by Gasteiger charge is -2.42. The summed E-state index contributed by atoms with van der Waals surface area (Å²) in [6.07, 6.45) is 2.26. The number of aryl methyl sites for hydroxylation is 1. The molecule has 0 bridgehead atoms. The van der Waals surface area contributed by atoms with Crippen molar-refractivity contribution in [3.8, 4) is 0 Å². The van der Waals surface area contributed by atoms with Crippen LogP contribution in [0.2, 0.25) is 0 Å². The van der Waals surface area contributed by atoms with Crippen LogP contribution < -0.4 is 10.2 Å². The standard InChI is InChI=1S/C16H30N4S/c1-6-8-14-15(9-17-7-2)21-16(18-14)20-10-12(3)19(5)13(4)11-20/h12-13,17H,6-11H2,1-5H3. The number of aromatic nitrogens is 1. The largest absolute Gasteiger partial charge is 0.345 e. The predicted molar refractivity (Wildman–Crippen MR) is 92.4 cm³/mol. The fraction of sp³-hybridized carbons (Fsp3) is 0.812. The Kier molecular flexibility index (Phi) is 6.02. The first-order valence-electron chi connectivity index (χ1n) is 8.22. The Balaban J connectivity index is 2.15. The molecule has 0 spiro atoms. The molecular weight excluding hydrogens is 280 g/mol. The number of piperazine rings is 1. The van der Waals surface area contributed by atoms with Gasteiger partial charge in [-0.05, 0) is 33.9 Å². The summed E-state index contributed by atoms with van der Waals surface area (Å²) in [7, 11) is 2.23. The number of anilines is 1. The molecule has 2 rings (SSSR count). The second-order valence-corrected chi connectivity index (χ2v) is 7.23. The van der Waals surface area contributed by atoms with Crippen LogP contribution in [0.25, 0.3) is 0 Å². The third-order valence-electron chi connectivity index (χ3n) is 4.42. The summed E-state index contributed by atoms with van der Waals surface area (Å²) in [6, 6.07) is 1.17. The zero-order chi connectivity index (χ0) is 15.4. The van der Waals surface area contributed by atoms with Gasteiger partial charge in [-0.2, -0.15) is 0 Å². The highest BCUT2D eigenvalue weighted by molar-refractivity contribution is 7.15. The molecule has 0 saturated carbocycles. The van der Waals surface area contributed by atoms with Gasteiger partial charge in [0, 0.05) is 36.6 Å². The van der Waals surface area contributed by atoms with E-state index in [4.69, 9.17) is 4.98 Å². The zero-order valence-corrected chi connectivity index (χ0v) is 15.0. The summed E-state index contributed by atoms with van der Waals surface area (Å²) in [6.45, 7) is 13.2. The molecule has 1 fully saturated rings. The monoisotopic (exact) mass is 310 g/mol. The molecule has 0 aliphatic carbocycles. The summed E-state index contributed by atoms with van der Waals surface area (Å²) in [5.74, 6) is 0. The Morgan fingerprint density at radius 3 is 2.48 bits per heavy atom. The quantitative estimate of drug-likeness (QED) is 0.875. The van der Waals surface area contributed by atoms with Gasteiger partial charge < -0.3 is 10.2 Å². The van der Waals surface area contributed by atoms with Crippen LogP contribution in [0.4, 0.5) is 5.13 Å². The molecule has 2 atom stereocenters. The third-order valence-corrected chi connectivity index (χ3v) is 5.58. The number of thiazole rings is 1. The lowest BCUT2D eigenvalue weighted by atomic mass is 10.1. The molecule has 1 aliphatic rings. The Morgan fingerprint density at radius 1 is 1.24 bits per heavy atom. The number of likely N-dealkylation sites (N-methyl/N-ethyl adjacent to an activating group) is 1. The van der Waals surface area contributed by atoms with E-state index in [1.807, 2.05) is 11.3 Å². The van der Waals surface area contributed by atoms with E-state index in [0.29, 0.717) is 12.1 Å². The van der Waals surface area contributed by atoms with Crippen molar-refractivity contribution in [3.63, 3.8) is 0 Å². The molecule has 4 nitrogen and oxygen atoms in total. The van der Waals surface area contributed by atoms with Crippen LogP contribution in [0.15, 0.2) is 0 Å². The van der Waals surface area contributed by atoms with E-state index in [9.17, 15) is 0 Å². The summed E-state index contributed by atoms with van der Waals surface area (Å²) in [5, 5.41) is 4.67. The Labute approximate surface area is 133 Å². The van der Waals surface area contributed by atoms with Crippen LogP contribution in [-0.2, 0) is 13.0 Å². The summed E-state index contributed by atoms with van der Waals surface area (Å²) >= 11 is 1.89. The first-order valence-corrected chi connectivity index (χ1v) is 9.04. The first-order chi connectivity index (χ1) is 10.1. The fourth-order valence-electron chi connectivity index (χ4n) is 2.87. The highest BCUT2D eigenvalue weighted by Gasteiger charge is 2.28. The Hall–Kier alpha value is -0.650. The molecule has 120 valence electrons. The summed E-state index contributed by atoms with van der Waals surface area (Å²) < 4.78 is 0. The van der Waals surface area contributed by atoms with Crippen LogP contribution in [0.5, 0.6) is 0 Å². The maximum atomic E-state index is 4.96. The van der Waals surface area contributed by atoms with E-state index < -0.39 is 0 Å². The van der Waals surface area contributed by atoms with E-state index in [0.717, 1.165) is 39.0 Å². The van der Waals surface area contributed by atoms with Crippen molar-refractivity contribution in [2.24, 2.45) is 0 Å². The Morgan fingerprint density at radius 2 is 1.90 bits per heavy atom. The molecule has 1 aromatic rings. The maximum absolute atomic E-state index is 4.96. The van der Waals surface area contributed by atoms with Gasteiger partial charge in [-0.15, -0.1) is 11.3 Å². The number of nitrogens with zero attached hydrogens (tertiary/aromatic N) is 3. The van der Waals surface area contributed by atoms with Gasteiger partial charge in [0.15, 0.2) is 5.13 Å². The first kappa shape index (κ1) is 16.7. The van der Waals surface area contributed by atoms with Crippen molar-refractivity contribution in [3.05, 3.63) is 10.6 Å². The molecule has 5 heteroatoms. The van der Waals surface area contributed by atoms with Gasteiger partial charge in [0.25, 0.3) is 0 Å². The second-order valence-electron chi connectivity index (χ2n) is 6.17. The average molecular weight is 311 g/mol. The molecular formula is C16H30N4S.